The number of nitrogens with one attached hydrogen (secondary N) is 1. The van der Waals surface area contributed by atoms with Gasteiger partial charge in [-0.05, 0) is 38.8 Å². The normalized spacial score (nSPS) is 12.0. The summed E-state index contributed by atoms with van der Waals surface area (Å²) in [6, 6.07) is 0. The lowest BCUT2D eigenvalue weighted by Gasteiger charge is -2.23. The molecule has 0 aliphatic rings. The summed E-state index contributed by atoms with van der Waals surface area (Å²) in [4.78, 5) is 0. The van der Waals surface area contributed by atoms with Gasteiger partial charge in [0.05, 0.1) is 27.7 Å². The molecule has 0 rings (SSSR count). The van der Waals surface area contributed by atoms with Crippen molar-refractivity contribution < 1.29 is 4.48 Å². The molecule has 0 aliphatic heterocycles. The molecule has 0 aromatic rings. The number of rotatable bonds is 9. The van der Waals surface area contributed by atoms with E-state index in [0.717, 1.165) is 4.48 Å². The number of unbranched alkanes of at least 4 members (excludes halogenated alkanes) is 3. The van der Waals surface area contributed by atoms with Crippen molar-refractivity contribution in [3.63, 3.8) is 0 Å². The predicted molar refractivity (Wildman–Crippen MR) is 64.5 cm³/mol. The molecular weight excluding hydrogens is 172 g/mol. The molecule has 0 saturated heterocycles. The summed E-state index contributed by atoms with van der Waals surface area (Å²) in [5.41, 5.74) is 0. The Bertz CT molecular complexity index is 116. The summed E-state index contributed by atoms with van der Waals surface area (Å²) in [5, 5.41) is 3.44. The van der Waals surface area contributed by atoms with Crippen molar-refractivity contribution in [1.82, 2.24) is 5.32 Å². The number of nitrogens with zero attached hydrogens (tertiary/aromatic N) is 1. The van der Waals surface area contributed by atoms with E-state index >= 15 is 0 Å². The highest BCUT2D eigenvalue weighted by molar-refractivity contribution is 4.48. The summed E-state index contributed by atoms with van der Waals surface area (Å²) in [6.07, 6.45) is 6.75. The predicted octanol–water partition coefficient (Wildman–Crippen LogP) is 2.25. The molecule has 0 heterocycles. The van der Waals surface area contributed by atoms with E-state index < -0.39 is 0 Å². The fraction of sp³-hybridized carbons (Fsp3) is 1.00. The minimum atomic E-state index is 1.11. The van der Waals surface area contributed by atoms with Gasteiger partial charge in [-0.3, -0.25) is 0 Å². The summed E-state index contributed by atoms with van der Waals surface area (Å²) < 4.78 is 1.11. The van der Waals surface area contributed by atoms with Crippen molar-refractivity contribution in [3.05, 3.63) is 0 Å². The largest absolute Gasteiger partial charge is 0.331 e. The Labute approximate surface area is 90.3 Å². The fourth-order valence-corrected chi connectivity index (χ4v) is 1.49. The van der Waals surface area contributed by atoms with E-state index in [2.05, 4.69) is 33.4 Å². The van der Waals surface area contributed by atoms with Crippen LogP contribution in [0.4, 0.5) is 0 Å². The van der Waals surface area contributed by atoms with E-state index in [0.29, 0.717) is 0 Å². The Morgan fingerprint density at radius 2 is 1.50 bits per heavy atom. The first-order chi connectivity index (χ1) is 6.56. The first-order valence-electron chi connectivity index (χ1n) is 6.07. The standard InChI is InChI=1S/C12H29N2/c1-5-10-13-11-8-6-7-9-12-14(2,3)4/h13H,5-12H2,1-4H3/q+1. The highest BCUT2D eigenvalue weighted by atomic mass is 15.3. The van der Waals surface area contributed by atoms with Gasteiger partial charge in [0.1, 0.15) is 0 Å². The van der Waals surface area contributed by atoms with Crippen LogP contribution in [0, 0.1) is 0 Å². The molecular formula is C12H29N2+. The van der Waals surface area contributed by atoms with Crippen molar-refractivity contribution in [2.45, 2.75) is 39.0 Å². The number of hydrogen-bond donors (Lipinski definition) is 1. The zero-order valence-electron chi connectivity index (χ0n) is 10.6. The molecule has 14 heavy (non-hydrogen) atoms. The fourth-order valence-electron chi connectivity index (χ4n) is 1.49. The Morgan fingerprint density at radius 1 is 0.857 bits per heavy atom. The minimum absolute atomic E-state index is 1.11. The molecule has 0 bridgehead atoms. The van der Waals surface area contributed by atoms with Crippen molar-refractivity contribution >= 4 is 0 Å². The van der Waals surface area contributed by atoms with Gasteiger partial charge in [0.25, 0.3) is 0 Å². The molecule has 0 amide bonds. The second-order valence-corrected chi connectivity index (χ2v) is 5.18. The van der Waals surface area contributed by atoms with Crippen molar-refractivity contribution in [1.29, 1.82) is 0 Å². The van der Waals surface area contributed by atoms with Gasteiger partial charge in [-0.2, -0.15) is 0 Å². The maximum Gasteiger partial charge on any atom is 0.0780 e. The summed E-state index contributed by atoms with van der Waals surface area (Å²) in [7, 11) is 6.80. The number of quaternary nitrogens is 1. The third kappa shape index (κ3) is 11.9. The summed E-state index contributed by atoms with van der Waals surface area (Å²) in [6.45, 7) is 5.91. The second kappa shape index (κ2) is 8.25. The van der Waals surface area contributed by atoms with Gasteiger partial charge in [-0.1, -0.05) is 13.3 Å². The molecule has 0 radical (unpaired) electrons. The molecule has 1 N–H and O–H groups in total. The second-order valence-electron chi connectivity index (χ2n) is 5.18. The molecule has 0 spiro atoms. The van der Waals surface area contributed by atoms with Crippen LogP contribution in [0.2, 0.25) is 0 Å². The maximum absolute atomic E-state index is 3.44. The lowest BCUT2D eigenvalue weighted by Crippen LogP contribution is -2.35. The monoisotopic (exact) mass is 201 g/mol. The summed E-state index contributed by atoms with van der Waals surface area (Å²) in [5.74, 6) is 0. The average Bonchev–Trinajstić information content (AvgIpc) is 2.08. The van der Waals surface area contributed by atoms with Gasteiger partial charge < -0.3 is 9.80 Å². The Hall–Kier alpha value is -0.0800. The van der Waals surface area contributed by atoms with Crippen LogP contribution in [0.3, 0.4) is 0 Å². The average molecular weight is 201 g/mol. The van der Waals surface area contributed by atoms with E-state index in [9.17, 15) is 0 Å². The molecule has 0 aliphatic carbocycles. The van der Waals surface area contributed by atoms with Gasteiger partial charge >= 0.3 is 0 Å². The first kappa shape index (κ1) is 13.9. The Balaban J connectivity index is 2.99. The molecule has 0 fully saturated rings. The highest BCUT2D eigenvalue weighted by Gasteiger charge is 2.04. The topological polar surface area (TPSA) is 12.0 Å². The SMILES string of the molecule is CCCNCCCCCC[N+](C)(C)C. The van der Waals surface area contributed by atoms with Gasteiger partial charge in [0.15, 0.2) is 0 Å². The van der Waals surface area contributed by atoms with E-state index in [1.165, 1.54) is 51.7 Å². The van der Waals surface area contributed by atoms with Crippen molar-refractivity contribution in [2.24, 2.45) is 0 Å². The van der Waals surface area contributed by atoms with Crippen molar-refractivity contribution in [2.75, 3.05) is 40.8 Å². The van der Waals surface area contributed by atoms with Crippen LogP contribution >= 0.6 is 0 Å². The minimum Gasteiger partial charge on any atom is -0.331 e. The van der Waals surface area contributed by atoms with Gasteiger partial charge in [0, 0.05) is 0 Å². The van der Waals surface area contributed by atoms with Crippen LogP contribution < -0.4 is 5.32 Å². The molecule has 0 saturated carbocycles. The highest BCUT2D eigenvalue weighted by Crippen LogP contribution is 2.02. The van der Waals surface area contributed by atoms with Crippen LogP contribution in [0.5, 0.6) is 0 Å². The van der Waals surface area contributed by atoms with E-state index in [1.807, 2.05) is 0 Å². The Morgan fingerprint density at radius 3 is 2.07 bits per heavy atom. The lowest BCUT2D eigenvalue weighted by molar-refractivity contribution is -0.870. The lowest BCUT2D eigenvalue weighted by atomic mass is 10.2. The van der Waals surface area contributed by atoms with Crippen LogP contribution in [-0.4, -0.2) is 45.3 Å². The Kier molecular flexibility index (Phi) is 8.20. The molecule has 0 aromatic carbocycles. The smallest absolute Gasteiger partial charge is 0.0780 e. The van der Waals surface area contributed by atoms with Gasteiger partial charge in [-0.25, -0.2) is 0 Å². The third-order valence-electron chi connectivity index (χ3n) is 2.36. The van der Waals surface area contributed by atoms with E-state index in [-0.39, 0.29) is 0 Å². The third-order valence-corrected chi connectivity index (χ3v) is 2.36. The van der Waals surface area contributed by atoms with Crippen LogP contribution in [0.1, 0.15) is 39.0 Å². The number of hydrogen-bond acceptors (Lipinski definition) is 1. The van der Waals surface area contributed by atoms with Gasteiger partial charge in [-0.15, -0.1) is 0 Å². The van der Waals surface area contributed by atoms with Crippen LogP contribution in [-0.2, 0) is 0 Å². The summed E-state index contributed by atoms with van der Waals surface area (Å²) >= 11 is 0. The molecule has 2 nitrogen and oxygen atoms in total. The molecule has 0 aromatic heterocycles. The van der Waals surface area contributed by atoms with Gasteiger partial charge in [0.2, 0.25) is 0 Å². The molecule has 0 atom stereocenters. The molecule has 86 valence electrons. The first-order valence-corrected chi connectivity index (χ1v) is 6.07. The van der Waals surface area contributed by atoms with E-state index in [4.69, 9.17) is 0 Å². The van der Waals surface area contributed by atoms with Crippen LogP contribution in [0.25, 0.3) is 0 Å². The quantitative estimate of drug-likeness (QED) is 0.446. The molecule has 2 heteroatoms. The molecule has 0 unspecified atom stereocenters. The zero-order valence-corrected chi connectivity index (χ0v) is 10.6. The van der Waals surface area contributed by atoms with Crippen LogP contribution in [0.15, 0.2) is 0 Å². The maximum atomic E-state index is 3.44. The zero-order chi connectivity index (χ0) is 10.9. The van der Waals surface area contributed by atoms with Crippen molar-refractivity contribution in [3.8, 4) is 0 Å². The van der Waals surface area contributed by atoms with E-state index in [1.54, 1.807) is 0 Å².